The summed E-state index contributed by atoms with van der Waals surface area (Å²) >= 11 is 5.04. The van der Waals surface area contributed by atoms with Crippen molar-refractivity contribution in [2.45, 2.75) is 24.8 Å². The molecule has 1 amide bonds. The van der Waals surface area contributed by atoms with Crippen molar-refractivity contribution in [1.29, 1.82) is 0 Å². The lowest BCUT2D eigenvalue weighted by molar-refractivity contribution is -0.385. The number of carbonyl (C=O) groups is 1. The highest BCUT2D eigenvalue weighted by Crippen LogP contribution is 2.18. The van der Waals surface area contributed by atoms with E-state index in [9.17, 15) is 23.3 Å². The molecule has 0 atom stereocenters. The molecule has 0 saturated heterocycles. The third-order valence-corrected chi connectivity index (χ3v) is 5.26. The second kappa shape index (κ2) is 8.87. The standard InChI is InChI=1S/C17H18N4O5S2/c1-11(2)20-28(25,26)13-9-7-12(8-10-13)18-17(27)19-16(22)14-5-3-4-6-15(14)21(23)24/h3-11,20H,1-2H3,(H2,18,19,22,27). The lowest BCUT2D eigenvalue weighted by Gasteiger charge is -2.12. The molecular formula is C17H18N4O5S2. The number of nitro groups is 1. The fraction of sp³-hybridized carbons (Fsp3) is 0.176. The number of benzene rings is 2. The summed E-state index contributed by atoms with van der Waals surface area (Å²) in [5.74, 6) is -0.731. The Morgan fingerprint density at radius 2 is 1.71 bits per heavy atom. The number of anilines is 1. The van der Waals surface area contributed by atoms with Gasteiger partial charge >= 0.3 is 0 Å². The second-order valence-corrected chi connectivity index (χ2v) is 8.11. The van der Waals surface area contributed by atoms with Gasteiger partial charge in [0.25, 0.3) is 11.6 Å². The highest BCUT2D eigenvalue weighted by atomic mass is 32.2. The van der Waals surface area contributed by atoms with Gasteiger partial charge in [-0.05, 0) is 56.4 Å². The van der Waals surface area contributed by atoms with Crippen LogP contribution in [0.4, 0.5) is 11.4 Å². The highest BCUT2D eigenvalue weighted by Gasteiger charge is 2.20. The van der Waals surface area contributed by atoms with Crippen LogP contribution in [-0.4, -0.2) is 30.4 Å². The van der Waals surface area contributed by atoms with E-state index in [2.05, 4.69) is 15.4 Å². The van der Waals surface area contributed by atoms with Crippen LogP contribution in [0.2, 0.25) is 0 Å². The first-order valence-electron chi connectivity index (χ1n) is 8.08. The SMILES string of the molecule is CC(C)NS(=O)(=O)c1ccc(NC(=S)NC(=O)c2ccccc2[N+](=O)[O-])cc1. The van der Waals surface area contributed by atoms with Gasteiger partial charge in [-0.1, -0.05) is 12.1 Å². The van der Waals surface area contributed by atoms with E-state index in [1.807, 2.05) is 0 Å². The maximum Gasteiger partial charge on any atom is 0.282 e. The largest absolute Gasteiger partial charge is 0.332 e. The van der Waals surface area contributed by atoms with Crippen molar-refractivity contribution in [2.24, 2.45) is 0 Å². The van der Waals surface area contributed by atoms with Crippen LogP contribution in [-0.2, 0) is 10.0 Å². The minimum atomic E-state index is -3.62. The molecule has 0 fully saturated rings. The molecule has 0 spiro atoms. The van der Waals surface area contributed by atoms with Crippen molar-refractivity contribution >= 4 is 44.6 Å². The third-order valence-electron chi connectivity index (χ3n) is 3.39. The van der Waals surface area contributed by atoms with E-state index in [4.69, 9.17) is 12.2 Å². The van der Waals surface area contributed by atoms with Crippen molar-refractivity contribution in [3.05, 3.63) is 64.2 Å². The van der Waals surface area contributed by atoms with E-state index in [-0.39, 0.29) is 27.3 Å². The minimum Gasteiger partial charge on any atom is -0.332 e. The van der Waals surface area contributed by atoms with E-state index in [1.165, 1.54) is 48.5 Å². The van der Waals surface area contributed by atoms with Crippen LogP contribution in [0.3, 0.4) is 0 Å². The molecule has 0 aliphatic carbocycles. The summed E-state index contributed by atoms with van der Waals surface area (Å²) in [6.45, 7) is 3.43. The molecular weight excluding hydrogens is 404 g/mol. The second-order valence-electron chi connectivity index (χ2n) is 5.98. The topological polar surface area (TPSA) is 130 Å². The monoisotopic (exact) mass is 422 g/mol. The van der Waals surface area contributed by atoms with Crippen molar-refractivity contribution < 1.29 is 18.1 Å². The van der Waals surface area contributed by atoms with E-state index in [0.29, 0.717) is 5.69 Å². The molecule has 0 aliphatic rings. The molecule has 2 aromatic carbocycles. The summed E-state index contributed by atoms with van der Waals surface area (Å²) < 4.78 is 26.7. The molecule has 0 heterocycles. The Morgan fingerprint density at radius 1 is 1.11 bits per heavy atom. The lowest BCUT2D eigenvalue weighted by atomic mass is 10.1. The lowest BCUT2D eigenvalue weighted by Crippen LogP contribution is -2.34. The number of thiocarbonyl (C=S) groups is 1. The smallest absolute Gasteiger partial charge is 0.282 e. The number of nitrogens with zero attached hydrogens (tertiary/aromatic N) is 1. The van der Waals surface area contributed by atoms with E-state index < -0.39 is 20.9 Å². The number of rotatable bonds is 6. The molecule has 28 heavy (non-hydrogen) atoms. The Hall–Kier alpha value is -2.89. The number of sulfonamides is 1. The molecule has 148 valence electrons. The number of nitrogens with one attached hydrogen (secondary N) is 3. The summed E-state index contributed by atoms with van der Waals surface area (Å²) in [5, 5.41) is 16.0. The fourth-order valence-corrected chi connectivity index (χ4v) is 3.72. The summed E-state index contributed by atoms with van der Waals surface area (Å²) in [6.07, 6.45) is 0. The molecule has 0 aromatic heterocycles. The van der Waals surface area contributed by atoms with E-state index in [0.717, 1.165) is 0 Å². The van der Waals surface area contributed by atoms with Crippen molar-refractivity contribution in [1.82, 2.24) is 10.0 Å². The van der Waals surface area contributed by atoms with Gasteiger partial charge in [0.05, 0.1) is 9.82 Å². The maximum absolute atomic E-state index is 12.2. The number of amides is 1. The van der Waals surface area contributed by atoms with Gasteiger partial charge < -0.3 is 5.32 Å². The Bertz CT molecular complexity index is 1000. The summed E-state index contributed by atoms with van der Waals surface area (Å²) in [5.41, 5.74) is -0.0239. The summed E-state index contributed by atoms with van der Waals surface area (Å²) in [7, 11) is -3.62. The molecule has 0 saturated carbocycles. The molecule has 0 unspecified atom stereocenters. The van der Waals surface area contributed by atoms with Crippen LogP contribution in [0.1, 0.15) is 24.2 Å². The Balaban J connectivity index is 2.06. The quantitative estimate of drug-likeness (QED) is 0.370. The molecule has 2 rings (SSSR count). The van der Waals surface area contributed by atoms with Crippen LogP contribution in [0.25, 0.3) is 0 Å². The normalized spacial score (nSPS) is 11.1. The van der Waals surface area contributed by atoms with E-state index >= 15 is 0 Å². The van der Waals surface area contributed by atoms with Gasteiger partial charge in [-0.25, -0.2) is 13.1 Å². The molecule has 11 heteroatoms. The van der Waals surface area contributed by atoms with Gasteiger partial charge in [-0.3, -0.25) is 20.2 Å². The van der Waals surface area contributed by atoms with Crippen molar-refractivity contribution in [3.63, 3.8) is 0 Å². The summed E-state index contributed by atoms with van der Waals surface area (Å²) in [4.78, 5) is 22.7. The zero-order valence-corrected chi connectivity index (χ0v) is 16.6. The van der Waals surface area contributed by atoms with Gasteiger partial charge in [0.1, 0.15) is 5.56 Å². The van der Waals surface area contributed by atoms with E-state index in [1.54, 1.807) is 13.8 Å². The first-order valence-corrected chi connectivity index (χ1v) is 9.97. The molecule has 2 aromatic rings. The van der Waals surface area contributed by atoms with Gasteiger partial charge in [-0.2, -0.15) is 0 Å². The Morgan fingerprint density at radius 3 is 2.29 bits per heavy atom. The predicted molar refractivity (Wildman–Crippen MR) is 109 cm³/mol. The predicted octanol–water partition coefficient (Wildman–Crippen LogP) is 2.41. The number of nitro benzene ring substituents is 1. The number of para-hydroxylation sites is 1. The summed E-state index contributed by atoms with van der Waals surface area (Å²) in [6, 6.07) is 11.0. The van der Waals surface area contributed by atoms with Crippen molar-refractivity contribution in [2.75, 3.05) is 5.32 Å². The number of hydrogen-bond acceptors (Lipinski definition) is 6. The van der Waals surface area contributed by atoms with Crippen LogP contribution in [0, 0.1) is 10.1 Å². The average Bonchev–Trinajstić information content (AvgIpc) is 2.61. The highest BCUT2D eigenvalue weighted by molar-refractivity contribution is 7.89. The van der Waals surface area contributed by atoms with Crippen LogP contribution in [0.5, 0.6) is 0 Å². The molecule has 0 bridgehead atoms. The van der Waals surface area contributed by atoms with Crippen LogP contribution >= 0.6 is 12.2 Å². The number of hydrogen-bond donors (Lipinski definition) is 3. The molecule has 3 N–H and O–H groups in total. The van der Waals surface area contributed by atoms with Gasteiger partial charge in [0, 0.05) is 17.8 Å². The molecule has 0 radical (unpaired) electrons. The first kappa shape index (κ1) is 21.4. The molecule has 9 nitrogen and oxygen atoms in total. The zero-order chi connectivity index (χ0) is 20.9. The Labute approximate surface area is 167 Å². The number of carbonyl (C=O) groups excluding carboxylic acids is 1. The minimum absolute atomic E-state index is 0.0842. The first-order chi connectivity index (χ1) is 13.1. The average molecular weight is 422 g/mol. The fourth-order valence-electron chi connectivity index (χ4n) is 2.25. The van der Waals surface area contributed by atoms with Crippen LogP contribution in [0.15, 0.2) is 53.4 Å². The zero-order valence-electron chi connectivity index (χ0n) is 15.0. The maximum atomic E-state index is 12.2. The van der Waals surface area contributed by atoms with Crippen LogP contribution < -0.4 is 15.4 Å². The molecule has 0 aliphatic heterocycles. The van der Waals surface area contributed by atoms with Crippen molar-refractivity contribution in [3.8, 4) is 0 Å². The van der Waals surface area contributed by atoms with Gasteiger partial charge in [0.15, 0.2) is 5.11 Å². The van der Waals surface area contributed by atoms with Gasteiger partial charge in [0.2, 0.25) is 10.0 Å². The van der Waals surface area contributed by atoms with Gasteiger partial charge in [-0.15, -0.1) is 0 Å². The third kappa shape index (κ3) is 5.55. The Kier molecular flexibility index (Phi) is 6.78.